The first-order chi connectivity index (χ1) is 7.08. The standard InChI is InChI=1S/C10H14FN3O/c1-7(12)5-6-10(15)14-9-4-2-3-8(11)13-9/h2-4,7H,5-6,12H2,1H3,(H,13,14,15). The van der Waals surface area contributed by atoms with E-state index in [0.29, 0.717) is 12.8 Å². The van der Waals surface area contributed by atoms with E-state index in [1.807, 2.05) is 6.92 Å². The number of aromatic nitrogens is 1. The lowest BCUT2D eigenvalue weighted by Gasteiger charge is -2.05. The number of carbonyl (C=O) groups excluding carboxylic acids is 1. The molecule has 1 aromatic rings. The number of carbonyl (C=O) groups is 1. The van der Waals surface area contributed by atoms with Crippen molar-refractivity contribution in [1.82, 2.24) is 4.98 Å². The predicted molar refractivity (Wildman–Crippen MR) is 55.7 cm³/mol. The molecule has 0 fully saturated rings. The van der Waals surface area contributed by atoms with Crippen LogP contribution in [0.2, 0.25) is 0 Å². The first kappa shape index (κ1) is 11.6. The van der Waals surface area contributed by atoms with Gasteiger partial charge in [0.05, 0.1) is 0 Å². The van der Waals surface area contributed by atoms with Gasteiger partial charge in [0.1, 0.15) is 5.82 Å². The molecule has 0 bridgehead atoms. The normalized spacial score (nSPS) is 12.2. The number of hydrogen-bond acceptors (Lipinski definition) is 3. The monoisotopic (exact) mass is 211 g/mol. The number of rotatable bonds is 4. The smallest absolute Gasteiger partial charge is 0.225 e. The Balaban J connectivity index is 2.44. The molecular weight excluding hydrogens is 197 g/mol. The van der Waals surface area contributed by atoms with Crippen LogP contribution in [0.1, 0.15) is 19.8 Å². The van der Waals surface area contributed by atoms with Crippen molar-refractivity contribution in [1.29, 1.82) is 0 Å². The molecule has 0 aromatic carbocycles. The number of halogens is 1. The number of pyridine rings is 1. The molecular formula is C10H14FN3O. The number of nitrogens with zero attached hydrogens (tertiary/aromatic N) is 1. The number of nitrogens with one attached hydrogen (secondary N) is 1. The minimum Gasteiger partial charge on any atom is -0.328 e. The molecule has 82 valence electrons. The number of anilines is 1. The highest BCUT2D eigenvalue weighted by Crippen LogP contribution is 2.05. The van der Waals surface area contributed by atoms with Gasteiger partial charge >= 0.3 is 0 Å². The third-order valence-corrected chi connectivity index (χ3v) is 1.81. The van der Waals surface area contributed by atoms with Gasteiger partial charge in [-0.15, -0.1) is 0 Å². The SMILES string of the molecule is CC(N)CCC(=O)Nc1cccc(F)n1. The maximum Gasteiger partial charge on any atom is 0.225 e. The largest absolute Gasteiger partial charge is 0.328 e. The summed E-state index contributed by atoms with van der Waals surface area (Å²) in [6.07, 6.45) is 0.914. The fourth-order valence-electron chi connectivity index (χ4n) is 1.04. The molecule has 1 heterocycles. The molecule has 1 aromatic heterocycles. The topological polar surface area (TPSA) is 68.0 Å². The molecule has 0 aliphatic rings. The summed E-state index contributed by atoms with van der Waals surface area (Å²) in [5.74, 6) is -0.588. The molecule has 15 heavy (non-hydrogen) atoms. The third kappa shape index (κ3) is 4.51. The van der Waals surface area contributed by atoms with Gasteiger partial charge in [0, 0.05) is 12.5 Å². The molecule has 4 nitrogen and oxygen atoms in total. The van der Waals surface area contributed by atoms with Crippen molar-refractivity contribution in [2.75, 3.05) is 5.32 Å². The van der Waals surface area contributed by atoms with Gasteiger partial charge in [-0.1, -0.05) is 6.07 Å². The fourth-order valence-corrected chi connectivity index (χ4v) is 1.04. The Hall–Kier alpha value is -1.49. The highest BCUT2D eigenvalue weighted by molar-refractivity contribution is 5.89. The minimum atomic E-state index is -0.611. The van der Waals surface area contributed by atoms with Crippen molar-refractivity contribution in [3.63, 3.8) is 0 Å². The quantitative estimate of drug-likeness (QED) is 0.737. The van der Waals surface area contributed by atoms with Crippen LogP contribution in [0.4, 0.5) is 10.2 Å². The van der Waals surface area contributed by atoms with Crippen LogP contribution in [0.3, 0.4) is 0 Å². The van der Waals surface area contributed by atoms with Gasteiger partial charge in [-0.2, -0.15) is 4.39 Å². The Morgan fingerprint density at radius 2 is 2.40 bits per heavy atom. The molecule has 0 radical (unpaired) electrons. The van der Waals surface area contributed by atoms with Gasteiger partial charge in [0.2, 0.25) is 11.9 Å². The lowest BCUT2D eigenvalue weighted by atomic mass is 10.2. The van der Waals surface area contributed by atoms with E-state index in [1.54, 1.807) is 0 Å². The van der Waals surface area contributed by atoms with Crippen LogP contribution in [0.15, 0.2) is 18.2 Å². The summed E-state index contributed by atoms with van der Waals surface area (Å²) in [5.41, 5.74) is 5.50. The van der Waals surface area contributed by atoms with Gasteiger partial charge in [0.15, 0.2) is 0 Å². The molecule has 0 aliphatic heterocycles. The molecule has 0 saturated carbocycles. The van der Waals surface area contributed by atoms with E-state index in [9.17, 15) is 9.18 Å². The first-order valence-corrected chi connectivity index (χ1v) is 4.76. The molecule has 0 spiro atoms. The van der Waals surface area contributed by atoms with Crippen LogP contribution in [-0.2, 0) is 4.79 Å². The summed E-state index contributed by atoms with van der Waals surface area (Å²) in [6.45, 7) is 1.83. The lowest BCUT2D eigenvalue weighted by molar-refractivity contribution is -0.116. The minimum absolute atomic E-state index is 0.0174. The fraction of sp³-hybridized carbons (Fsp3) is 0.400. The van der Waals surface area contributed by atoms with Crippen LogP contribution in [-0.4, -0.2) is 16.9 Å². The van der Waals surface area contributed by atoms with Gasteiger partial charge in [-0.3, -0.25) is 4.79 Å². The van der Waals surface area contributed by atoms with E-state index in [1.165, 1.54) is 18.2 Å². The maximum atomic E-state index is 12.6. The number of nitrogens with two attached hydrogens (primary N) is 1. The zero-order chi connectivity index (χ0) is 11.3. The summed E-state index contributed by atoms with van der Waals surface area (Å²) >= 11 is 0. The Morgan fingerprint density at radius 3 is 3.00 bits per heavy atom. The summed E-state index contributed by atoms with van der Waals surface area (Å²) < 4.78 is 12.6. The summed E-state index contributed by atoms with van der Waals surface area (Å²) in [7, 11) is 0. The maximum absolute atomic E-state index is 12.6. The van der Waals surface area contributed by atoms with Crippen LogP contribution >= 0.6 is 0 Å². The van der Waals surface area contributed by atoms with E-state index in [-0.39, 0.29) is 17.8 Å². The molecule has 1 unspecified atom stereocenters. The highest BCUT2D eigenvalue weighted by Gasteiger charge is 2.05. The molecule has 1 atom stereocenters. The van der Waals surface area contributed by atoms with E-state index >= 15 is 0 Å². The van der Waals surface area contributed by atoms with E-state index in [2.05, 4.69) is 10.3 Å². The van der Waals surface area contributed by atoms with Crippen LogP contribution in [0.25, 0.3) is 0 Å². The molecule has 5 heteroatoms. The average molecular weight is 211 g/mol. The second kappa shape index (κ2) is 5.41. The van der Waals surface area contributed by atoms with Gasteiger partial charge in [0.25, 0.3) is 0 Å². The van der Waals surface area contributed by atoms with Crippen molar-refractivity contribution in [2.24, 2.45) is 5.73 Å². The van der Waals surface area contributed by atoms with Gasteiger partial charge in [-0.05, 0) is 25.5 Å². The van der Waals surface area contributed by atoms with Gasteiger partial charge < -0.3 is 11.1 Å². The number of hydrogen-bond donors (Lipinski definition) is 2. The van der Waals surface area contributed by atoms with E-state index < -0.39 is 5.95 Å². The van der Waals surface area contributed by atoms with Crippen molar-refractivity contribution in [2.45, 2.75) is 25.8 Å². The Bertz CT molecular complexity index is 341. The first-order valence-electron chi connectivity index (χ1n) is 4.76. The van der Waals surface area contributed by atoms with Crippen molar-refractivity contribution >= 4 is 11.7 Å². The third-order valence-electron chi connectivity index (χ3n) is 1.81. The lowest BCUT2D eigenvalue weighted by Crippen LogP contribution is -2.19. The Labute approximate surface area is 87.7 Å². The molecule has 0 aliphatic carbocycles. The van der Waals surface area contributed by atoms with Crippen LogP contribution in [0.5, 0.6) is 0 Å². The van der Waals surface area contributed by atoms with Crippen molar-refractivity contribution in [3.05, 3.63) is 24.1 Å². The Kier molecular flexibility index (Phi) is 4.17. The highest BCUT2D eigenvalue weighted by atomic mass is 19.1. The molecule has 3 N–H and O–H groups in total. The number of amides is 1. The second-order valence-corrected chi connectivity index (χ2v) is 3.41. The van der Waals surface area contributed by atoms with Crippen molar-refractivity contribution in [3.8, 4) is 0 Å². The second-order valence-electron chi connectivity index (χ2n) is 3.41. The van der Waals surface area contributed by atoms with E-state index in [4.69, 9.17) is 5.73 Å². The van der Waals surface area contributed by atoms with Gasteiger partial charge in [-0.25, -0.2) is 4.98 Å². The average Bonchev–Trinajstić information content (AvgIpc) is 2.15. The zero-order valence-corrected chi connectivity index (χ0v) is 8.53. The van der Waals surface area contributed by atoms with Crippen LogP contribution < -0.4 is 11.1 Å². The zero-order valence-electron chi connectivity index (χ0n) is 8.53. The molecule has 1 amide bonds. The molecule has 0 saturated heterocycles. The molecule has 1 rings (SSSR count). The predicted octanol–water partition coefficient (Wildman–Crippen LogP) is 1.29. The summed E-state index contributed by atoms with van der Waals surface area (Å²) in [6, 6.07) is 4.23. The van der Waals surface area contributed by atoms with Crippen LogP contribution in [0, 0.1) is 5.95 Å². The summed E-state index contributed by atoms with van der Waals surface area (Å²) in [4.78, 5) is 14.8. The van der Waals surface area contributed by atoms with Crippen molar-refractivity contribution < 1.29 is 9.18 Å². The van der Waals surface area contributed by atoms with E-state index in [0.717, 1.165) is 0 Å². The summed E-state index contributed by atoms with van der Waals surface area (Å²) in [5, 5.41) is 2.49. The Morgan fingerprint density at radius 1 is 1.67 bits per heavy atom.